The standard InChI is InChI=1S/C28H27N7O3S2/c36-25(29-20-10-9-13-22(18-20)40(37,38)34-16-7-2-8-17-34)19-39-28-33-32-27(35(28)21-11-3-1-4-12-21)26-23-14-5-6-15-24(23)30-31-26/h1,3-6,9-15,18H,2,7-8,16-17,19H2,(H,29,36)(H,30,31). The van der Waals surface area contributed by atoms with Gasteiger partial charge in [0.2, 0.25) is 15.9 Å². The molecular weight excluding hydrogens is 546 g/mol. The molecular formula is C28H27N7O3S2. The second-order valence-corrected chi connectivity index (χ2v) is 12.3. The van der Waals surface area contributed by atoms with Gasteiger partial charge in [-0.3, -0.25) is 14.5 Å². The molecule has 1 fully saturated rings. The highest BCUT2D eigenvalue weighted by atomic mass is 32.2. The lowest BCUT2D eigenvalue weighted by Gasteiger charge is -2.26. The molecule has 0 unspecified atom stereocenters. The summed E-state index contributed by atoms with van der Waals surface area (Å²) in [5.74, 6) is 0.323. The maximum atomic E-state index is 13.1. The summed E-state index contributed by atoms with van der Waals surface area (Å²) in [6, 6.07) is 23.9. The predicted octanol–water partition coefficient (Wildman–Crippen LogP) is 4.72. The lowest BCUT2D eigenvalue weighted by Crippen LogP contribution is -2.35. The van der Waals surface area contributed by atoms with Gasteiger partial charge in [-0.05, 0) is 49.2 Å². The Bertz CT molecular complexity index is 1760. The van der Waals surface area contributed by atoms with Crippen LogP contribution in [0.5, 0.6) is 0 Å². The van der Waals surface area contributed by atoms with Gasteiger partial charge in [-0.25, -0.2) is 8.42 Å². The molecule has 0 saturated carbocycles. The number of carbonyl (C=O) groups excluding carboxylic acids is 1. The van der Waals surface area contributed by atoms with Crippen LogP contribution in [0.25, 0.3) is 28.1 Å². The van der Waals surface area contributed by atoms with E-state index in [1.54, 1.807) is 18.2 Å². The van der Waals surface area contributed by atoms with Gasteiger partial charge in [0.1, 0.15) is 5.69 Å². The number of benzene rings is 3. The topological polar surface area (TPSA) is 126 Å². The summed E-state index contributed by atoms with van der Waals surface area (Å²) >= 11 is 1.24. The van der Waals surface area contributed by atoms with Gasteiger partial charge < -0.3 is 5.32 Å². The minimum Gasteiger partial charge on any atom is -0.325 e. The number of aromatic amines is 1. The normalized spacial score (nSPS) is 14.4. The summed E-state index contributed by atoms with van der Waals surface area (Å²) in [5.41, 5.74) is 2.82. The number of sulfonamides is 1. The quantitative estimate of drug-likeness (QED) is 0.257. The van der Waals surface area contributed by atoms with Crippen LogP contribution in [0.3, 0.4) is 0 Å². The Balaban J connectivity index is 1.22. The maximum Gasteiger partial charge on any atom is 0.243 e. The molecule has 2 N–H and O–H groups in total. The van der Waals surface area contributed by atoms with Crippen LogP contribution in [0.1, 0.15) is 19.3 Å². The molecule has 1 saturated heterocycles. The number of nitrogens with one attached hydrogen (secondary N) is 2. The summed E-state index contributed by atoms with van der Waals surface area (Å²) in [4.78, 5) is 13.1. The Hall–Kier alpha value is -4.00. The van der Waals surface area contributed by atoms with E-state index < -0.39 is 10.0 Å². The summed E-state index contributed by atoms with van der Waals surface area (Å²) in [6.45, 7) is 1.04. The molecule has 40 heavy (non-hydrogen) atoms. The van der Waals surface area contributed by atoms with E-state index in [1.165, 1.54) is 22.1 Å². The van der Waals surface area contributed by atoms with Crippen molar-refractivity contribution in [3.63, 3.8) is 0 Å². The molecule has 3 aromatic carbocycles. The Labute approximate surface area is 235 Å². The van der Waals surface area contributed by atoms with Crippen LogP contribution in [0.2, 0.25) is 0 Å². The summed E-state index contributed by atoms with van der Waals surface area (Å²) in [7, 11) is -3.60. The van der Waals surface area contributed by atoms with E-state index in [0.717, 1.165) is 35.9 Å². The van der Waals surface area contributed by atoms with E-state index in [0.29, 0.717) is 35.5 Å². The van der Waals surface area contributed by atoms with Crippen molar-refractivity contribution in [1.82, 2.24) is 29.3 Å². The largest absolute Gasteiger partial charge is 0.325 e. The van der Waals surface area contributed by atoms with E-state index >= 15 is 0 Å². The van der Waals surface area contributed by atoms with Gasteiger partial charge in [0, 0.05) is 29.9 Å². The third-order valence-corrected chi connectivity index (χ3v) is 9.56. The van der Waals surface area contributed by atoms with Crippen molar-refractivity contribution in [2.45, 2.75) is 29.3 Å². The molecule has 5 aromatic rings. The van der Waals surface area contributed by atoms with Crippen molar-refractivity contribution < 1.29 is 13.2 Å². The first-order chi connectivity index (χ1) is 19.5. The molecule has 1 amide bonds. The number of thioether (sulfide) groups is 1. The highest BCUT2D eigenvalue weighted by molar-refractivity contribution is 7.99. The number of para-hydroxylation sites is 2. The first-order valence-corrected chi connectivity index (χ1v) is 15.4. The third kappa shape index (κ3) is 5.25. The fourth-order valence-corrected chi connectivity index (χ4v) is 7.09. The molecule has 0 atom stereocenters. The number of fused-ring (bicyclic) bond motifs is 1. The van der Waals surface area contributed by atoms with E-state index in [2.05, 4.69) is 25.7 Å². The molecule has 204 valence electrons. The van der Waals surface area contributed by atoms with Crippen molar-refractivity contribution in [3.05, 3.63) is 78.9 Å². The van der Waals surface area contributed by atoms with Gasteiger partial charge in [-0.15, -0.1) is 10.2 Å². The molecule has 1 aliphatic rings. The molecule has 2 aromatic heterocycles. The average molecular weight is 574 g/mol. The number of anilines is 1. The lowest BCUT2D eigenvalue weighted by atomic mass is 10.2. The number of rotatable bonds is 8. The molecule has 0 aliphatic carbocycles. The zero-order valence-corrected chi connectivity index (χ0v) is 23.2. The monoisotopic (exact) mass is 573 g/mol. The Morgan fingerprint density at radius 2 is 1.70 bits per heavy atom. The molecule has 6 rings (SSSR count). The SMILES string of the molecule is O=C(CSc1nnc(-c2n[nH]c3ccccc23)n1-c1ccccc1)Nc1cccc(S(=O)(=O)N2CCCCC2)c1. The van der Waals surface area contributed by atoms with Crippen LogP contribution in [0.15, 0.2) is 88.9 Å². The van der Waals surface area contributed by atoms with Crippen molar-refractivity contribution in [2.24, 2.45) is 0 Å². The Kier molecular flexibility index (Phi) is 7.37. The third-order valence-electron chi connectivity index (χ3n) is 6.73. The number of nitrogens with zero attached hydrogens (tertiary/aromatic N) is 5. The first-order valence-electron chi connectivity index (χ1n) is 13.0. The molecule has 3 heterocycles. The second kappa shape index (κ2) is 11.2. The van der Waals surface area contributed by atoms with Crippen molar-refractivity contribution >= 4 is 44.3 Å². The van der Waals surface area contributed by atoms with Gasteiger partial charge in [0.25, 0.3) is 0 Å². The van der Waals surface area contributed by atoms with Crippen LogP contribution in [-0.2, 0) is 14.8 Å². The number of carbonyl (C=O) groups is 1. The minimum atomic E-state index is -3.60. The fraction of sp³-hybridized carbons (Fsp3) is 0.214. The Morgan fingerprint density at radius 3 is 2.52 bits per heavy atom. The summed E-state index contributed by atoms with van der Waals surface area (Å²) < 4.78 is 29.5. The molecule has 0 bridgehead atoms. The average Bonchev–Trinajstić information content (AvgIpc) is 3.61. The van der Waals surface area contributed by atoms with Gasteiger partial charge in [-0.1, -0.05) is 60.6 Å². The highest BCUT2D eigenvalue weighted by Crippen LogP contribution is 2.31. The van der Waals surface area contributed by atoms with Crippen molar-refractivity contribution in [3.8, 4) is 17.2 Å². The zero-order chi connectivity index (χ0) is 27.5. The van der Waals surface area contributed by atoms with Gasteiger partial charge >= 0.3 is 0 Å². The molecule has 12 heteroatoms. The second-order valence-electron chi connectivity index (χ2n) is 9.42. The van der Waals surface area contributed by atoms with Crippen LogP contribution in [0, 0.1) is 0 Å². The number of hydrogen-bond acceptors (Lipinski definition) is 7. The molecule has 0 radical (unpaired) electrons. The highest BCUT2D eigenvalue weighted by Gasteiger charge is 2.26. The zero-order valence-electron chi connectivity index (χ0n) is 21.5. The Morgan fingerprint density at radius 1 is 0.925 bits per heavy atom. The van der Waals surface area contributed by atoms with E-state index in [1.807, 2.05) is 59.2 Å². The van der Waals surface area contributed by atoms with E-state index in [-0.39, 0.29) is 16.6 Å². The minimum absolute atomic E-state index is 0.0510. The van der Waals surface area contributed by atoms with Crippen LogP contribution >= 0.6 is 11.8 Å². The van der Waals surface area contributed by atoms with Crippen molar-refractivity contribution in [1.29, 1.82) is 0 Å². The van der Waals surface area contributed by atoms with Gasteiger partial charge in [0.15, 0.2) is 11.0 Å². The molecule has 1 aliphatic heterocycles. The van der Waals surface area contributed by atoms with Gasteiger partial charge in [-0.2, -0.15) is 9.40 Å². The number of hydrogen-bond donors (Lipinski definition) is 2. The first kappa shape index (κ1) is 26.2. The van der Waals surface area contributed by atoms with E-state index in [4.69, 9.17) is 0 Å². The van der Waals surface area contributed by atoms with Crippen molar-refractivity contribution in [2.75, 3.05) is 24.2 Å². The molecule has 10 nitrogen and oxygen atoms in total. The summed E-state index contributed by atoms with van der Waals surface area (Å²) in [6.07, 6.45) is 2.76. The number of piperidine rings is 1. The fourth-order valence-electron chi connectivity index (χ4n) is 4.78. The summed E-state index contributed by atoms with van der Waals surface area (Å²) in [5, 5.41) is 20.6. The smallest absolute Gasteiger partial charge is 0.243 e. The number of H-pyrrole nitrogens is 1. The lowest BCUT2D eigenvalue weighted by molar-refractivity contribution is -0.113. The number of amides is 1. The van der Waals surface area contributed by atoms with Crippen LogP contribution in [0.4, 0.5) is 5.69 Å². The van der Waals surface area contributed by atoms with Crippen LogP contribution < -0.4 is 5.32 Å². The molecule has 0 spiro atoms. The van der Waals surface area contributed by atoms with E-state index in [9.17, 15) is 13.2 Å². The maximum absolute atomic E-state index is 13.1. The predicted molar refractivity (Wildman–Crippen MR) is 155 cm³/mol. The number of aromatic nitrogens is 5. The van der Waals surface area contributed by atoms with Gasteiger partial charge in [0.05, 0.1) is 16.2 Å². The van der Waals surface area contributed by atoms with Crippen LogP contribution in [-0.4, -0.2) is 62.4 Å².